The standard InChI is InChI=1S/C59H50F3N4O.Pt/c1-35(2)48-27-40(57-50(61)30-42(60)31-51(57)62)28-49(36(3)4)58(48)65-34-64(53-18-11-12-19-54(53)65)43-25-39(38-15-13-14-37(5)24-38)26-45(32-43)67-44-20-21-47-46-16-9-10-17-52(46)66(55(47)33-44)56-29-41(22-23-63-56)59(6,7)8;/h9-31,34-36H,1-8H3;/q-3;. The van der Waals surface area contributed by atoms with Crippen molar-refractivity contribution in [1.29, 1.82) is 0 Å². The van der Waals surface area contributed by atoms with Crippen molar-refractivity contribution in [3.05, 3.63) is 198 Å². The largest absolute Gasteiger partial charge is 0.509 e. The molecule has 0 radical (unpaired) electrons. The smallest absolute Gasteiger partial charge is 0.136 e. The van der Waals surface area contributed by atoms with E-state index in [0.29, 0.717) is 17.1 Å². The normalized spacial score (nSPS) is 12.7. The van der Waals surface area contributed by atoms with Crippen LogP contribution in [-0.2, 0) is 26.5 Å². The molecule has 0 amide bonds. The Kier molecular flexibility index (Phi) is 12.4. The number of nitrogens with zero attached hydrogens (tertiary/aromatic N) is 4. The monoisotopic (exact) mass is 1080 g/mol. The number of ether oxygens (including phenoxy) is 1. The number of rotatable bonds is 9. The zero-order valence-electron chi connectivity index (χ0n) is 39.2. The van der Waals surface area contributed by atoms with Gasteiger partial charge in [-0.15, -0.1) is 53.6 Å². The van der Waals surface area contributed by atoms with E-state index in [2.05, 4.69) is 167 Å². The molecule has 0 aliphatic carbocycles. The molecule has 346 valence electrons. The molecule has 1 aliphatic heterocycles. The van der Waals surface area contributed by atoms with Crippen molar-refractivity contribution in [3.8, 4) is 39.6 Å². The summed E-state index contributed by atoms with van der Waals surface area (Å²) in [6.45, 7) is 19.0. The average Bonchev–Trinajstić information content (AvgIpc) is 3.84. The zero-order chi connectivity index (χ0) is 46.9. The molecule has 1 aliphatic rings. The number of aromatic nitrogens is 2. The first-order chi connectivity index (χ1) is 32.1. The average molecular weight is 1080 g/mol. The Bertz CT molecular complexity index is 3340. The molecule has 5 nitrogen and oxygen atoms in total. The van der Waals surface area contributed by atoms with Crippen LogP contribution in [0.2, 0.25) is 0 Å². The van der Waals surface area contributed by atoms with Gasteiger partial charge in [-0.1, -0.05) is 114 Å². The van der Waals surface area contributed by atoms with Crippen molar-refractivity contribution in [3.63, 3.8) is 0 Å². The van der Waals surface area contributed by atoms with Gasteiger partial charge in [-0.25, -0.2) is 18.2 Å². The predicted octanol–water partition coefficient (Wildman–Crippen LogP) is 16.6. The van der Waals surface area contributed by atoms with E-state index in [1.54, 1.807) is 0 Å². The second kappa shape index (κ2) is 18.1. The molecule has 0 saturated carbocycles. The van der Waals surface area contributed by atoms with Gasteiger partial charge in [0.25, 0.3) is 0 Å². The van der Waals surface area contributed by atoms with E-state index in [-0.39, 0.29) is 43.9 Å². The molecule has 2 aromatic heterocycles. The van der Waals surface area contributed by atoms with Gasteiger partial charge in [0.15, 0.2) is 0 Å². The van der Waals surface area contributed by atoms with Crippen molar-refractivity contribution in [1.82, 2.24) is 9.55 Å². The summed E-state index contributed by atoms with van der Waals surface area (Å²) in [5.74, 6) is -1.10. The molecule has 9 aromatic rings. The number of para-hydroxylation sites is 3. The third-order valence-electron chi connectivity index (χ3n) is 12.6. The predicted molar refractivity (Wildman–Crippen MR) is 267 cm³/mol. The molecule has 0 fully saturated rings. The minimum Gasteiger partial charge on any atom is -0.509 e. The van der Waals surface area contributed by atoms with Gasteiger partial charge >= 0.3 is 0 Å². The van der Waals surface area contributed by atoms with Crippen LogP contribution in [0.15, 0.2) is 140 Å². The Balaban J connectivity index is 0.00000578. The Morgan fingerprint density at radius 3 is 1.99 bits per heavy atom. The summed E-state index contributed by atoms with van der Waals surface area (Å²) < 4.78 is 53.8. The van der Waals surface area contributed by atoms with Crippen LogP contribution >= 0.6 is 0 Å². The minimum atomic E-state index is -0.956. The van der Waals surface area contributed by atoms with Crippen LogP contribution in [0.1, 0.15) is 82.6 Å². The molecule has 0 spiro atoms. The molecule has 3 heterocycles. The van der Waals surface area contributed by atoms with Crippen LogP contribution < -0.4 is 14.5 Å². The molecule has 9 heteroatoms. The fourth-order valence-electron chi connectivity index (χ4n) is 9.28. The van der Waals surface area contributed by atoms with E-state index in [0.717, 1.165) is 90.3 Å². The van der Waals surface area contributed by atoms with Crippen LogP contribution in [-0.4, -0.2) is 9.55 Å². The van der Waals surface area contributed by atoms with Gasteiger partial charge in [-0.3, -0.25) is 0 Å². The molecule has 0 atom stereocenters. The minimum absolute atomic E-state index is 0. The molecule has 0 N–H and O–H groups in total. The number of fused-ring (bicyclic) bond motifs is 4. The van der Waals surface area contributed by atoms with E-state index in [1.165, 1.54) is 5.56 Å². The van der Waals surface area contributed by atoms with Gasteiger partial charge in [0.05, 0.1) is 5.56 Å². The first-order valence-corrected chi connectivity index (χ1v) is 22.7. The molecular weight excluding hydrogens is 1030 g/mol. The summed E-state index contributed by atoms with van der Waals surface area (Å²) in [7, 11) is 0. The van der Waals surface area contributed by atoms with Gasteiger partial charge in [-0.2, -0.15) is 6.07 Å². The number of aryl methyl sites for hydroxylation is 1. The van der Waals surface area contributed by atoms with E-state index in [4.69, 9.17) is 9.72 Å². The summed E-state index contributed by atoms with van der Waals surface area (Å²) in [5.41, 5.74) is 11.5. The fraction of sp³-hybridized carbons (Fsp3) is 0.186. The van der Waals surface area contributed by atoms with Gasteiger partial charge in [0.2, 0.25) is 0 Å². The summed E-state index contributed by atoms with van der Waals surface area (Å²) in [6, 6.07) is 49.7. The number of halogens is 3. The summed E-state index contributed by atoms with van der Waals surface area (Å²) in [6.07, 6.45) is 1.87. The van der Waals surface area contributed by atoms with Crippen LogP contribution in [0.3, 0.4) is 0 Å². The van der Waals surface area contributed by atoms with Gasteiger partial charge < -0.3 is 19.1 Å². The second-order valence-electron chi connectivity index (χ2n) is 19.1. The maximum absolute atomic E-state index is 15.4. The molecule has 0 bridgehead atoms. The van der Waals surface area contributed by atoms with E-state index >= 15 is 8.78 Å². The van der Waals surface area contributed by atoms with Crippen molar-refractivity contribution in [2.24, 2.45) is 0 Å². The summed E-state index contributed by atoms with van der Waals surface area (Å²) in [5, 5.41) is 2.13. The van der Waals surface area contributed by atoms with Gasteiger partial charge in [0.1, 0.15) is 23.3 Å². The second-order valence-corrected chi connectivity index (χ2v) is 19.1. The van der Waals surface area contributed by atoms with E-state index in [9.17, 15) is 4.39 Å². The first-order valence-electron chi connectivity index (χ1n) is 22.7. The van der Waals surface area contributed by atoms with Crippen LogP contribution in [0.5, 0.6) is 11.5 Å². The van der Waals surface area contributed by atoms with Gasteiger partial charge in [0, 0.05) is 73.5 Å². The Morgan fingerprint density at radius 1 is 0.632 bits per heavy atom. The maximum atomic E-state index is 15.4. The summed E-state index contributed by atoms with van der Waals surface area (Å²) >= 11 is 0. The van der Waals surface area contributed by atoms with Crippen molar-refractivity contribution >= 4 is 44.6 Å². The van der Waals surface area contributed by atoms with E-state index < -0.39 is 17.5 Å². The molecule has 10 rings (SSSR count). The fourth-order valence-corrected chi connectivity index (χ4v) is 9.28. The third-order valence-corrected chi connectivity index (χ3v) is 12.6. The number of anilines is 4. The van der Waals surface area contributed by atoms with Crippen molar-refractivity contribution < 1.29 is 39.0 Å². The van der Waals surface area contributed by atoms with Crippen LogP contribution in [0, 0.1) is 43.2 Å². The topological polar surface area (TPSA) is 33.5 Å². The molecule has 0 saturated heterocycles. The Hall–Kier alpha value is -6.63. The van der Waals surface area contributed by atoms with Crippen molar-refractivity contribution in [2.45, 2.75) is 72.6 Å². The molecular formula is C59H50F3N4OPt-3. The van der Waals surface area contributed by atoms with Crippen molar-refractivity contribution in [2.75, 3.05) is 9.80 Å². The van der Waals surface area contributed by atoms with E-state index in [1.807, 2.05) is 48.7 Å². The SMILES string of the molecule is Cc1cccc(-c2cc(Oc3[c-]c4c(cc3)c3ccccc3n4-c3cc(C(C)(C)C)ccn3)[c-]c(N3[CH-]N(c4c(C(C)C)cc(-c5c(F)cc(F)cc5F)cc4C(C)C)c4ccccc43)c2)c1.[Pt]. The molecule has 68 heavy (non-hydrogen) atoms. The quantitative estimate of drug-likeness (QED) is 0.135. The Morgan fingerprint density at radius 2 is 1.31 bits per heavy atom. The first kappa shape index (κ1) is 46.5. The number of benzene rings is 7. The number of pyridine rings is 1. The van der Waals surface area contributed by atoms with Gasteiger partial charge in [-0.05, 0) is 99.8 Å². The molecule has 7 aromatic carbocycles. The summed E-state index contributed by atoms with van der Waals surface area (Å²) in [4.78, 5) is 9.14. The maximum Gasteiger partial charge on any atom is 0.136 e. The van der Waals surface area contributed by atoms with Crippen LogP contribution in [0.25, 0.3) is 49.9 Å². The number of hydrogen-bond acceptors (Lipinski definition) is 4. The van der Waals surface area contributed by atoms with Crippen LogP contribution in [0.4, 0.5) is 35.9 Å². The third kappa shape index (κ3) is 8.49. The number of hydrogen-bond donors (Lipinski definition) is 0. The zero-order valence-corrected chi connectivity index (χ0v) is 41.4. The Labute approximate surface area is 411 Å². The molecule has 0 unspecified atom stereocenters.